The van der Waals surface area contributed by atoms with E-state index in [0.717, 1.165) is 11.8 Å². The lowest BCUT2D eigenvalue weighted by molar-refractivity contribution is 0.141. The molecule has 1 aliphatic carbocycles. The van der Waals surface area contributed by atoms with Crippen molar-refractivity contribution >= 4 is 0 Å². The maximum atomic E-state index is 2.50. The van der Waals surface area contributed by atoms with Crippen molar-refractivity contribution in [1.29, 1.82) is 0 Å². The first-order chi connectivity index (χ1) is 7.08. The van der Waals surface area contributed by atoms with Crippen LogP contribution in [0.1, 0.15) is 79.1 Å². The van der Waals surface area contributed by atoms with Gasteiger partial charge in [0.15, 0.2) is 0 Å². The molecule has 0 radical (unpaired) electrons. The van der Waals surface area contributed by atoms with Crippen molar-refractivity contribution in [1.82, 2.24) is 0 Å². The highest BCUT2D eigenvalue weighted by atomic mass is 14.4. The molecule has 0 aromatic carbocycles. The van der Waals surface area contributed by atoms with Crippen LogP contribution in [0.4, 0.5) is 0 Å². The quantitative estimate of drug-likeness (QED) is 0.514. The predicted molar refractivity (Wildman–Crippen MR) is 69.0 cm³/mol. The molecule has 1 unspecified atom stereocenters. The van der Waals surface area contributed by atoms with Gasteiger partial charge in [-0.25, -0.2) is 0 Å². The number of rotatable bonds is 6. The lowest BCUT2D eigenvalue weighted by atomic mass is 9.69. The van der Waals surface area contributed by atoms with E-state index in [1.54, 1.807) is 0 Å². The molecule has 0 spiro atoms. The Kier molecular flexibility index (Phi) is 5.15. The van der Waals surface area contributed by atoms with Gasteiger partial charge in [-0.2, -0.15) is 0 Å². The fraction of sp³-hybridized carbons (Fsp3) is 1.00. The Morgan fingerprint density at radius 3 is 2.27 bits per heavy atom. The molecule has 0 bridgehead atoms. The van der Waals surface area contributed by atoms with E-state index < -0.39 is 0 Å². The van der Waals surface area contributed by atoms with Crippen molar-refractivity contribution in [2.24, 2.45) is 17.3 Å². The van der Waals surface area contributed by atoms with E-state index in [2.05, 4.69) is 27.7 Å². The Bertz CT molecular complexity index is 163. The first-order valence-corrected chi connectivity index (χ1v) is 7.08. The average Bonchev–Trinajstić information content (AvgIpc) is 2.69. The molecule has 15 heavy (non-hydrogen) atoms. The average molecular weight is 210 g/mol. The van der Waals surface area contributed by atoms with Crippen LogP contribution in [0.2, 0.25) is 0 Å². The third kappa shape index (κ3) is 3.81. The lowest BCUT2D eigenvalue weighted by Gasteiger charge is -2.36. The second kappa shape index (κ2) is 5.92. The monoisotopic (exact) mass is 210 g/mol. The molecule has 0 N–H and O–H groups in total. The molecule has 90 valence electrons. The fourth-order valence-electron chi connectivity index (χ4n) is 3.15. The summed E-state index contributed by atoms with van der Waals surface area (Å²) in [5.74, 6) is 1.96. The second-order valence-corrected chi connectivity index (χ2v) is 6.28. The zero-order valence-electron chi connectivity index (χ0n) is 11.3. The molecule has 0 aromatic heterocycles. The first-order valence-electron chi connectivity index (χ1n) is 7.08. The van der Waals surface area contributed by atoms with Gasteiger partial charge in [0.1, 0.15) is 0 Å². The Morgan fingerprint density at radius 2 is 1.73 bits per heavy atom. The lowest BCUT2D eigenvalue weighted by Crippen LogP contribution is -2.27. The van der Waals surface area contributed by atoms with Gasteiger partial charge in [0.05, 0.1) is 0 Å². The molecule has 1 atom stereocenters. The fourth-order valence-corrected chi connectivity index (χ4v) is 3.15. The van der Waals surface area contributed by atoms with E-state index in [0.29, 0.717) is 5.41 Å². The smallest absolute Gasteiger partial charge is 0.0326 e. The van der Waals surface area contributed by atoms with Gasteiger partial charge in [-0.3, -0.25) is 0 Å². The molecular weight excluding hydrogens is 180 g/mol. The molecule has 0 heterocycles. The van der Waals surface area contributed by atoms with Gasteiger partial charge in [-0.05, 0) is 23.7 Å². The summed E-state index contributed by atoms with van der Waals surface area (Å²) in [6.45, 7) is 9.78. The molecule has 0 amide bonds. The van der Waals surface area contributed by atoms with Crippen molar-refractivity contribution in [2.45, 2.75) is 79.1 Å². The molecule has 0 aliphatic heterocycles. The number of hydrogen-bond donors (Lipinski definition) is 0. The third-order valence-corrected chi connectivity index (χ3v) is 4.76. The van der Waals surface area contributed by atoms with Gasteiger partial charge in [0.2, 0.25) is 0 Å². The summed E-state index contributed by atoms with van der Waals surface area (Å²) in [4.78, 5) is 0. The topological polar surface area (TPSA) is 0 Å². The Labute approximate surface area is 96.8 Å². The number of hydrogen-bond acceptors (Lipinski definition) is 0. The summed E-state index contributed by atoms with van der Waals surface area (Å²) in [5, 5.41) is 0. The van der Waals surface area contributed by atoms with E-state index in [1.807, 2.05) is 0 Å². The molecule has 0 heteroatoms. The minimum absolute atomic E-state index is 0.574. The Hall–Kier alpha value is 0. The minimum Gasteiger partial charge on any atom is -0.0654 e. The van der Waals surface area contributed by atoms with Gasteiger partial charge in [0, 0.05) is 0 Å². The molecule has 0 nitrogen and oxygen atoms in total. The molecule has 1 saturated carbocycles. The van der Waals surface area contributed by atoms with Crippen LogP contribution in [0.5, 0.6) is 0 Å². The maximum absolute atomic E-state index is 2.50. The van der Waals surface area contributed by atoms with Crippen LogP contribution in [0, 0.1) is 17.3 Å². The molecule has 0 saturated heterocycles. The largest absolute Gasteiger partial charge is 0.0654 e. The van der Waals surface area contributed by atoms with E-state index in [9.17, 15) is 0 Å². The summed E-state index contributed by atoms with van der Waals surface area (Å²) in [6.07, 6.45) is 11.6. The summed E-state index contributed by atoms with van der Waals surface area (Å²) >= 11 is 0. The normalized spacial score (nSPS) is 20.8. The standard InChI is InChI=1S/C15H30/c1-5-6-9-12-15(3,4)13(2)14-10-7-8-11-14/h13-14H,5-12H2,1-4H3. The van der Waals surface area contributed by atoms with Gasteiger partial charge >= 0.3 is 0 Å². The van der Waals surface area contributed by atoms with E-state index in [-0.39, 0.29) is 0 Å². The summed E-state index contributed by atoms with van der Waals surface area (Å²) in [7, 11) is 0. The minimum atomic E-state index is 0.574. The molecular formula is C15H30. The van der Waals surface area contributed by atoms with Crippen molar-refractivity contribution in [3.63, 3.8) is 0 Å². The molecule has 0 aromatic rings. The van der Waals surface area contributed by atoms with Crippen LogP contribution in [-0.2, 0) is 0 Å². The summed E-state index contributed by atoms with van der Waals surface area (Å²) in [5.41, 5.74) is 0.574. The van der Waals surface area contributed by atoms with Crippen LogP contribution in [-0.4, -0.2) is 0 Å². The summed E-state index contributed by atoms with van der Waals surface area (Å²) < 4.78 is 0. The molecule has 1 aliphatic rings. The van der Waals surface area contributed by atoms with Crippen molar-refractivity contribution < 1.29 is 0 Å². The van der Waals surface area contributed by atoms with Crippen LogP contribution < -0.4 is 0 Å². The predicted octanol–water partition coefficient (Wildman–Crippen LogP) is 5.42. The van der Waals surface area contributed by atoms with Crippen molar-refractivity contribution in [3.8, 4) is 0 Å². The Morgan fingerprint density at radius 1 is 1.13 bits per heavy atom. The van der Waals surface area contributed by atoms with Crippen LogP contribution in [0.15, 0.2) is 0 Å². The second-order valence-electron chi connectivity index (χ2n) is 6.28. The van der Waals surface area contributed by atoms with E-state index in [4.69, 9.17) is 0 Å². The van der Waals surface area contributed by atoms with Crippen molar-refractivity contribution in [3.05, 3.63) is 0 Å². The highest BCUT2D eigenvalue weighted by molar-refractivity contribution is 4.83. The van der Waals surface area contributed by atoms with E-state index in [1.165, 1.54) is 51.4 Å². The molecule has 1 fully saturated rings. The zero-order chi connectivity index (χ0) is 11.3. The number of unbranched alkanes of at least 4 members (excludes halogenated alkanes) is 2. The SMILES string of the molecule is CCCCCC(C)(C)C(C)C1CCCC1. The van der Waals surface area contributed by atoms with E-state index >= 15 is 0 Å². The summed E-state index contributed by atoms with van der Waals surface area (Å²) in [6, 6.07) is 0. The van der Waals surface area contributed by atoms with Crippen molar-refractivity contribution in [2.75, 3.05) is 0 Å². The van der Waals surface area contributed by atoms with Crippen LogP contribution >= 0.6 is 0 Å². The highest BCUT2D eigenvalue weighted by Crippen LogP contribution is 2.43. The van der Waals surface area contributed by atoms with Crippen LogP contribution in [0.3, 0.4) is 0 Å². The van der Waals surface area contributed by atoms with Gasteiger partial charge in [0.25, 0.3) is 0 Å². The third-order valence-electron chi connectivity index (χ3n) is 4.76. The van der Waals surface area contributed by atoms with Gasteiger partial charge < -0.3 is 0 Å². The highest BCUT2D eigenvalue weighted by Gasteiger charge is 2.32. The Balaban J connectivity index is 2.36. The molecule has 1 rings (SSSR count). The first kappa shape index (κ1) is 13.1. The maximum Gasteiger partial charge on any atom is -0.0326 e. The van der Waals surface area contributed by atoms with Gasteiger partial charge in [-0.15, -0.1) is 0 Å². The zero-order valence-corrected chi connectivity index (χ0v) is 11.3. The van der Waals surface area contributed by atoms with Crippen LogP contribution in [0.25, 0.3) is 0 Å². The van der Waals surface area contributed by atoms with Gasteiger partial charge in [-0.1, -0.05) is 72.6 Å².